The summed E-state index contributed by atoms with van der Waals surface area (Å²) in [6.07, 6.45) is 2.83. The van der Waals surface area contributed by atoms with Crippen LogP contribution in [0.15, 0.2) is 85.1 Å². The Kier molecular flexibility index (Phi) is 8.89. The van der Waals surface area contributed by atoms with Gasteiger partial charge in [-0.25, -0.2) is 9.97 Å². The Morgan fingerprint density at radius 1 is 0.955 bits per heavy atom. The molecule has 1 aliphatic heterocycles. The van der Waals surface area contributed by atoms with Gasteiger partial charge in [0.25, 0.3) is 5.91 Å². The normalized spacial score (nSPS) is 14.6. The maximum absolute atomic E-state index is 14.3. The Morgan fingerprint density at radius 3 is 2.57 bits per heavy atom. The molecule has 0 bridgehead atoms. The number of fused-ring (bicyclic) bond motifs is 2. The molecule has 0 atom stereocenters. The lowest BCUT2D eigenvalue weighted by atomic mass is 10.0. The number of ether oxygens (including phenoxy) is 1. The zero-order chi connectivity index (χ0) is 30.5. The predicted molar refractivity (Wildman–Crippen MR) is 176 cm³/mol. The highest BCUT2D eigenvalue weighted by Crippen LogP contribution is 2.28. The van der Waals surface area contributed by atoms with E-state index in [4.69, 9.17) is 9.72 Å². The number of imidazole rings is 1. The van der Waals surface area contributed by atoms with E-state index < -0.39 is 0 Å². The van der Waals surface area contributed by atoms with E-state index in [2.05, 4.69) is 82.6 Å². The zero-order valence-corrected chi connectivity index (χ0v) is 25.7. The Hall–Kier alpha value is -4.69. The van der Waals surface area contributed by atoms with Crippen LogP contribution in [0.2, 0.25) is 0 Å². The van der Waals surface area contributed by atoms with Gasteiger partial charge in [0.1, 0.15) is 5.82 Å². The van der Waals surface area contributed by atoms with Crippen molar-refractivity contribution in [2.24, 2.45) is 0 Å². The number of aromatic amines is 1. The molecular formula is C36H40N6O2. The van der Waals surface area contributed by atoms with Crippen molar-refractivity contribution in [1.82, 2.24) is 24.8 Å². The van der Waals surface area contributed by atoms with Crippen molar-refractivity contribution in [3.8, 4) is 17.0 Å². The van der Waals surface area contributed by atoms with Crippen molar-refractivity contribution >= 4 is 22.6 Å². The molecule has 5 aromatic rings. The monoisotopic (exact) mass is 588 g/mol. The Bertz CT molecular complexity index is 1710. The van der Waals surface area contributed by atoms with Gasteiger partial charge in [0.15, 0.2) is 0 Å². The van der Waals surface area contributed by atoms with Crippen molar-refractivity contribution in [2.45, 2.75) is 39.3 Å². The number of aromatic nitrogens is 3. The minimum Gasteiger partial charge on any atom is -0.481 e. The van der Waals surface area contributed by atoms with Gasteiger partial charge in [-0.05, 0) is 59.5 Å². The number of H-pyrrole nitrogens is 1. The van der Waals surface area contributed by atoms with E-state index in [1.54, 1.807) is 7.11 Å². The van der Waals surface area contributed by atoms with Gasteiger partial charge < -0.3 is 19.9 Å². The summed E-state index contributed by atoms with van der Waals surface area (Å²) in [5.74, 6) is 1.80. The molecule has 44 heavy (non-hydrogen) atoms. The van der Waals surface area contributed by atoms with E-state index in [1.807, 2.05) is 41.4 Å². The molecule has 2 N–H and O–H groups in total. The number of nitrogens with zero attached hydrogens (tertiary/aromatic N) is 4. The third-order valence-electron chi connectivity index (χ3n) is 8.23. The maximum Gasteiger partial charge on any atom is 0.254 e. The van der Waals surface area contributed by atoms with Gasteiger partial charge in [0.2, 0.25) is 5.88 Å². The summed E-state index contributed by atoms with van der Waals surface area (Å²) in [5.41, 5.74) is 7.88. The summed E-state index contributed by atoms with van der Waals surface area (Å²) in [5, 5.41) is 3.67. The fraction of sp³-hybridized carbons (Fsp3) is 0.306. The summed E-state index contributed by atoms with van der Waals surface area (Å²) in [4.78, 5) is 31.2. The number of pyridine rings is 1. The number of carbonyl (C=O) groups excluding carboxylic acids is 1. The minimum absolute atomic E-state index is 0.00831. The number of nitrogens with one attached hydrogen (secondary N) is 2. The molecular weight excluding hydrogens is 548 g/mol. The van der Waals surface area contributed by atoms with E-state index in [1.165, 1.54) is 5.56 Å². The molecule has 0 spiro atoms. The molecule has 3 aromatic carbocycles. The molecule has 0 fully saturated rings. The number of benzene rings is 3. The fourth-order valence-electron chi connectivity index (χ4n) is 5.72. The molecule has 0 saturated carbocycles. The van der Waals surface area contributed by atoms with Gasteiger partial charge in [-0.3, -0.25) is 9.69 Å². The van der Waals surface area contributed by atoms with Crippen LogP contribution >= 0.6 is 0 Å². The van der Waals surface area contributed by atoms with Gasteiger partial charge in [-0.1, -0.05) is 50.2 Å². The molecule has 0 radical (unpaired) electrons. The average Bonchev–Trinajstić information content (AvgIpc) is 3.48. The maximum atomic E-state index is 14.3. The number of rotatable bonds is 6. The van der Waals surface area contributed by atoms with E-state index in [0.717, 1.165) is 71.8 Å². The lowest BCUT2D eigenvalue weighted by Crippen LogP contribution is -2.38. The minimum atomic E-state index is 0.00831. The number of anilines is 1. The van der Waals surface area contributed by atoms with Crippen LogP contribution in [-0.4, -0.2) is 63.9 Å². The lowest BCUT2D eigenvalue weighted by Gasteiger charge is -2.28. The molecule has 0 unspecified atom stereocenters. The Balaban J connectivity index is 1.33. The summed E-state index contributed by atoms with van der Waals surface area (Å²) in [6.45, 7) is 8.73. The van der Waals surface area contributed by atoms with E-state index in [-0.39, 0.29) is 11.8 Å². The number of carbonyl (C=O) groups is 1. The van der Waals surface area contributed by atoms with Crippen LogP contribution in [0.25, 0.3) is 22.2 Å². The van der Waals surface area contributed by atoms with Gasteiger partial charge in [-0.15, -0.1) is 0 Å². The molecule has 8 heteroatoms. The van der Waals surface area contributed by atoms with Crippen LogP contribution in [0.4, 0.5) is 5.69 Å². The van der Waals surface area contributed by atoms with Crippen molar-refractivity contribution < 1.29 is 9.53 Å². The second-order valence-corrected chi connectivity index (χ2v) is 11.7. The highest BCUT2D eigenvalue weighted by molar-refractivity contribution is 5.97. The third kappa shape index (κ3) is 6.76. The summed E-state index contributed by atoms with van der Waals surface area (Å²) >= 11 is 0. The Labute approximate surface area is 259 Å². The molecule has 1 aliphatic rings. The van der Waals surface area contributed by atoms with Crippen LogP contribution in [0.1, 0.15) is 53.5 Å². The van der Waals surface area contributed by atoms with Crippen molar-refractivity contribution in [3.63, 3.8) is 0 Å². The molecule has 3 heterocycles. The van der Waals surface area contributed by atoms with Gasteiger partial charge in [0, 0.05) is 74.3 Å². The van der Waals surface area contributed by atoms with E-state index in [0.29, 0.717) is 24.5 Å². The molecule has 2 aromatic heterocycles. The first-order valence-electron chi connectivity index (χ1n) is 15.4. The molecule has 6 rings (SSSR count). The topological polar surface area (TPSA) is 86.4 Å². The molecule has 226 valence electrons. The molecule has 8 nitrogen and oxygen atoms in total. The van der Waals surface area contributed by atoms with Crippen molar-refractivity contribution in [1.29, 1.82) is 0 Å². The van der Waals surface area contributed by atoms with Gasteiger partial charge in [0.05, 0.1) is 18.1 Å². The largest absolute Gasteiger partial charge is 0.481 e. The number of hydrogen-bond donors (Lipinski definition) is 2. The molecule has 0 aliphatic carbocycles. The second-order valence-electron chi connectivity index (χ2n) is 11.7. The zero-order valence-electron chi connectivity index (χ0n) is 25.7. The van der Waals surface area contributed by atoms with Crippen LogP contribution < -0.4 is 10.1 Å². The SMILES string of the molecule is COc1ccc(-c2ccc3c(c2)CN(C(=O)c2ccc4nc(C(C)C)[nH]c4c2)CCN(Cc2ccccc2)CCCN3)cn1. The number of hydrogen-bond acceptors (Lipinski definition) is 6. The van der Waals surface area contributed by atoms with Crippen LogP contribution in [0.5, 0.6) is 5.88 Å². The van der Waals surface area contributed by atoms with Crippen LogP contribution in [-0.2, 0) is 13.1 Å². The first-order valence-corrected chi connectivity index (χ1v) is 15.4. The smallest absolute Gasteiger partial charge is 0.254 e. The van der Waals surface area contributed by atoms with Gasteiger partial charge >= 0.3 is 0 Å². The summed E-state index contributed by atoms with van der Waals surface area (Å²) < 4.78 is 5.26. The lowest BCUT2D eigenvalue weighted by molar-refractivity contribution is 0.0720. The third-order valence-corrected chi connectivity index (χ3v) is 8.23. The standard InChI is InChI=1S/C36H40N6O2/c1-25(2)35-39-32-14-11-28(21-33(32)40-35)36(43)42-19-18-41(23-26-8-5-4-6-9-26)17-7-16-37-31-13-10-27(20-30(31)24-42)29-12-15-34(44-3)38-22-29/h4-6,8-15,20-22,25,37H,7,16-19,23-24H2,1-3H3,(H,39,40). The summed E-state index contributed by atoms with van der Waals surface area (Å²) in [7, 11) is 1.62. The van der Waals surface area contributed by atoms with Crippen molar-refractivity contribution in [2.75, 3.05) is 38.6 Å². The Morgan fingerprint density at radius 2 is 1.80 bits per heavy atom. The first kappa shape index (κ1) is 29.4. The van der Waals surface area contributed by atoms with Crippen LogP contribution in [0.3, 0.4) is 0 Å². The summed E-state index contributed by atoms with van der Waals surface area (Å²) in [6, 6.07) is 26.7. The molecule has 1 amide bonds. The highest BCUT2D eigenvalue weighted by atomic mass is 16.5. The van der Waals surface area contributed by atoms with E-state index >= 15 is 0 Å². The average molecular weight is 589 g/mol. The molecule has 0 saturated heterocycles. The highest BCUT2D eigenvalue weighted by Gasteiger charge is 2.21. The second kappa shape index (κ2) is 13.3. The number of amides is 1. The first-order chi connectivity index (χ1) is 21.5. The van der Waals surface area contributed by atoms with E-state index in [9.17, 15) is 4.79 Å². The number of methoxy groups -OCH3 is 1. The predicted octanol–water partition coefficient (Wildman–Crippen LogP) is 6.72. The van der Waals surface area contributed by atoms with Crippen LogP contribution in [0, 0.1) is 0 Å². The quantitative estimate of drug-likeness (QED) is 0.229. The van der Waals surface area contributed by atoms with Gasteiger partial charge in [-0.2, -0.15) is 0 Å². The van der Waals surface area contributed by atoms with Crippen molar-refractivity contribution in [3.05, 3.63) is 108 Å². The fourth-order valence-corrected chi connectivity index (χ4v) is 5.72.